The van der Waals surface area contributed by atoms with Crippen molar-refractivity contribution < 1.29 is 18.7 Å². The van der Waals surface area contributed by atoms with E-state index in [1.807, 2.05) is 0 Å². The van der Waals surface area contributed by atoms with E-state index in [4.69, 9.17) is 9.47 Å². The lowest BCUT2D eigenvalue weighted by Crippen LogP contribution is -2.48. The third kappa shape index (κ3) is 6.23. The number of ether oxygens (including phenoxy) is 2. The first kappa shape index (κ1) is 19.1. The van der Waals surface area contributed by atoms with Gasteiger partial charge in [-0.1, -0.05) is 0 Å². The molecular formula is C19H28FN3O3. The quantitative estimate of drug-likeness (QED) is 0.759. The number of amides is 1. The molecule has 26 heavy (non-hydrogen) atoms. The van der Waals surface area contributed by atoms with Gasteiger partial charge in [0.05, 0.1) is 13.2 Å². The Labute approximate surface area is 154 Å². The first-order valence-corrected chi connectivity index (χ1v) is 9.40. The van der Waals surface area contributed by atoms with Crippen LogP contribution in [0.3, 0.4) is 0 Å². The molecule has 0 aromatic heterocycles. The van der Waals surface area contributed by atoms with Crippen molar-refractivity contribution >= 4 is 5.91 Å². The number of hydrogen-bond donors (Lipinski definition) is 2. The van der Waals surface area contributed by atoms with Crippen molar-refractivity contribution in [3.8, 4) is 5.75 Å². The molecule has 0 saturated carbocycles. The predicted octanol–water partition coefficient (Wildman–Crippen LogP) is 1.16. The minimum Gasteiger partial charge on any atom is -0.492 e. The maximum absolute atomic E-state index is 12.9. The van der Waals surface area contributed by atoms with E-state index in [0.29, 0.717) is 25.4 Å². The minimum absolute atomic E-state index is 0.103. The monoisotopic (exact) mass is 365 g/mol. The molecule has 2 fully saturated rings. The van der Waals surface area contributed by atoms with Gasteiger partial charge in [0.15, 0.2) is 0 Å². The standard InChI is InChI=1S/C19H28FN3O3/c20-15-1-3-18(4-2-15)26-12-10-23-8-5-16(6-9-23)22-19(24)13-17-14-25-11-7-21-17/h1-4,16-17,21H,5-14H2,(H,22,24). The van der Waals surface area contributed by atoms with E-state index in [1.165, 1.54) is 12.1 Å². The highest BCUT2D eigenvalue weighted by atomic mass is 19.1. The molecule has 2 aliphatic heterocycles. The van der Waals surface area contributed by atoms with Crippen LogP contribution in [0.4, 0.5) is 4.39 Å². The van der Waals surface area contributed by atoms with Crippen molar-refractivity contribution in [2.75, 3.05) is 46.0 Å². The average Bonchev–Trinajstić information content (AvgIpc) is 2.65. The molecule has 1 aromatic carbocycles. The largest absolute Gasteiger partial charge is 0.492 e. The number of nitrogens with one attached hydrogen (secondary N) is 2. The van der Waals surface area contributed by atoms with Crippen LogP contribution in [0.25, 0.3) is 0 Å². The Bertz CT molecular complexity index is 556. The Morgan fingerprint density at radius 3 is 2.77 bits per heavy atom. The minimum atomic E-state index is -0.256. The molecule has 0 bridgehead atoms. The smallest absolute Gasteiger partial charge is 0.221 e. The normalized spacial score (nSPS) is 22.1. The average molecular weight is 365 g/mol. The molecule has 2 aliphatic rings. The number of carbonyl (C=O) groups excluding carboxylic acids is 1. The van der Waals surface area contributed by atoms with Gasteiger partial charge < -0.3 is 20.1 Å². The fraction of sp³-hybridized carbons (Fsp3) is 0.632. The van der Waals surface area contributed by atoms with Crippen LogP contribution in [0, 0.1) is 5.82 Å². The number of hydrogen-bond acceptors (Lipinski definition) is 5. The number of nitrogens with zero attached hydrogens (tertiary/aromatic N) is 1. The molecule has 2 heterocycles. The van der Waals surface area contributed by atoms with Gasteiger partial charge in [-0.05, 0) is 37.1 Å². The van der Waals surface area contributed by atoms with Gasteiger partial charge in [-0.3, -0.25) is 9.69 Å². The Kier molecular flexibility index (Phi) is 7.22. The Morgan fingerprint density at radius 1 is 1.31 bits per heavy atom. The van der Waals surface area contributed by atoms with E-state index in [2.05, 4.69) is 15.5 Å². The first-order valence-electron chi connectivity index (χ1n) is 9.40. The maximum Gasteiger partial charge on any atom is 0.221 e. The zero-order valence-electron chi connectivity index (χ0n) is 15.1. The van der Waals surface area contributed by atoms with Crippen LogP contribution in [-0.4, -0.2) is 68.9 Å². The van der Waals surface area contributed by atoms with E-state index in [9.17, 15) is 9.18 Å². The second-order valence-corrected chi connectivity index (χ2v) is 6.92. The number of benzene rings is 1. The fourth-order valence-electron chi connectivity index (χ4n) is 3.39. The molecule has 144 valence electrons. The highest BCUT2D eigenvalue weighted by Crippen LogP contribution is 2.13. The van der Waals surface area contributed by atoms with Crippen LogP contribution in [0.2, 0.25) is 0 Å². The Morgan fingerprint density at radius 2 is 2.08 bits per heavy atom. The summed E-state index contributed by atoms with van der Waals surface area (Å²) in [6, 6.07) is 6.47. The molecule has 0 radical (unpaired) electrons. The zero-order chi connectivity index (χ0) is 18.2. The van der Waals surface area contributed by atoms with Crippen molar-refractivity contribution in [3.05, 3.63) is 30.1 Å². The Balaban J connectivity index is 1.28. The van der Waals surface area contributed by atoms with E-state index in [1.54, 1.807) is 12.1 Å². The third-order valence-electron chi connectivity index (χ3n) is 4.87. The van der Waals surface area contributed by atoms with Gasteiger partial charge in [-0.25, -0.2) is 4.39 Å². The second-order valence-electron chi connectivity index (χ2n) is 6.92. The summed E-state index contributed by atoms with van der Waals surface area (Å²) in [7, 11) is 0. The van der Waals surface area contributed by atoms with Crippen LogP contribution in [0.5, 0.6) is 5.75 Å². The van der Waals surface area contributed by atoms with Crippen LogP contribution in [-0.2, 0) is 9.53 Å². The van der Waals surface area contributed by atoms with E-state index >= 15 is 0 Å². The van der Waals surface area contributed by atoms with Crippen molar-refractivity contribution in [3.63, 3.8) is 0 Å². The van der Waals surface area contributed by atoms with Crippen molar-refractivity contribution in [1.29, 1.82) is 0 Å². The van der Waals surface area contributed by atoms with E-state index < -0.39 is 0 Å². The molecule has 2 saturated heterocycles. The van der Waals surface area contributed by atoms with Gasteiger partial charge in [0.2, 0.25) is 5.91 Å². The fourth-order valence-corrected chi connectivity index (χ4v) is 3.39. The summed E-state index contributed by atoms with van der Waals surface area (Å²) in [6.07, 6.45) is 2.39. The number of likely N-dealkylation sites (tertiary alicyclic amines) is 1. The van der Waals surface area contributed by atoms with E-state index in [-0.39, 0.29) is 23.8 Å². The van der Waals surface area contributed by atoms with Crippen molar-refractivity contribution in [2.24, 2.45) is 0 Å². The molecule has 0 spiro atoms. The van der Waals surface area contributed by atoms with Gasteiger partial charge in [0.25, 0.3) is 0 Å². The predicted molar refractivity (Wildman–Crippen MR) is 96.7 cm³/mol. The number of piperidine rings is 1. The molecule has 1 unspecified atom stereocenters. The summed E-state index contributed by atoms with van der Waals surface area (Å²) in [5, 5.41) is 6.45. The number of morpholine rings is 1. The molecule has 2 N–H and O–H groups in total. The first-order chi connectivity index (χ1) is 12.7. The number of halogens is 1. The Hall–Kier alpha value is -1.70. The van der Waals surface area contributed by atoms with Gasteiger partial charge in [0.1, 0.15) is 18.2 Å². The lowest BCUT2D eigenvalue weighted by atomic mass is 10.0. The second kappa shape index (κ2) is 9.85. The van der Waals surface area contributed by atoms with Crippen LogP contribution < -0.4 is 15.4 Å². The number of carbonyl (C=O) groups is 1. The molecule has 3 rings (SSSR count). The summed E-state index contributed by atoms with van der Waals surface area (Å²) in [5.74, 6) is 0.535. The highest BCUT2D eigenvalue weighted by molar-refractivity contribution is 5.76. The molecule has 1 aromatic rings. The van der Waals surface area contributed by atoms with Gasteiger partial charge in [-0.15, -0.1) is 0 Å². The molecule has 6 nitrogen and oxygen atoms in total. The topological polar surface area (TPSA) is 62.8 Å². The van der Waals surface area contributed by atoms with Crippen LogP contribution >= 0.6 is 0 Å². The highest BCUT2D eigenvalue weighted by Gasteiger charge is 2.22. The van der Waals surface area contributed by atoms with Crippen LogP contribution in [0.1, 0.15) is 19.3 Å². The lowest BCUT2D eigenvalue weighted by Gasteiger charge is -2.32. The van der Waals surface area contributed by atoms with Gasteiger partial charge in [0, 0.05) is 44.7 Å². The molecule has 1 amide bonds. The van der Waals surface area contributed by atoms with Gasteiger partial charge in [-0.2, -0.15) is 0 Å². The summed E-state index contributed by atoms with van der Waals surface area (Å²) >= 11 is 0. The summed E-state index contributed by atoms with van der Waals surface area (Å²) in [5.41, 5.74) is 0. The molecule has 7 heteroatoms. The third-order valence-corrected chi connectivity index (χ3v) is 4.87. The zero-order valence-corrected chi connectivity index (χ0v) is 15.1. The lowest BCUT2D eigenvalue weighted by molar-refractivity contribution is -0.123. The summed E-state index contributed by atoms with van der Waals surface area (Å²) in [6.45, 7) is 5.46. The number of rotatable bonds is 7. The SMILES string of the molecule is O=C(CC1COCCN1)NC1CCN(CCOc2ccc(F)cc2)CC1. The molecule has 1 atom stereocenters. The van der Waals surface area contributed by atoms with Crippen molar-refractivity contribution in [1.82, 2.24) is 15.5 Å². The van der Waals surface area contributed by atoms with Crippen molar-refractivity contribution in [2.45, 2.75) is 31.3 Å². The summed E-state index contributed by atoms with van der Waals surface area (Å²) < 4.78 is 23.9. The summed E-state index contributed by atoms with van der Waals surface area (Å²) in [4.78, 5) is 14.5. The van der Waals surface area contributed by atoms with E-state index in [0.717, 1.165) is 45.6 Å². The molecular weight excluding hydrogens is 337 g/mol. The van der Waals surface area contributed by atoms with Gasteiger partial charge >= 0.3 is 0 Å². The maximum atomic E-state index is 12.9. The molecule has 0 aliphatic carbocycles. The van der Waals surface area contributed by atoms with Crippen LogP contribution in [0.15, 0.2) is 24.3 Å².